The molecule has 1 radical (unpaired) electrons. The van der Waals surface area contributed by atoms with Crippen LogP contribution in [0.15, 0.2) is 28.8 Å². The third-order valence-electron chi connectivity index (χ3n) is 3.19. The number of hydrogen-bond acceptors (Lipinski definition) is 3. The van der Waals surface area contributed by atoms with Crippen molar-refractivity contribution in [2.45, 2.75) is 24.3 Å². The van der Waals surface area contributed by atoms with Crippen molar-refractivity contribution in [2.75, 3.05) is 0 Å². The Kier molecular flexibility index (Phi) is 3.22. The maximum absolute atomic E-state index is 12.8. The van der Waals surface area contributed by atoms with Crippen molar-refractivity contribution in [3.05, 3.63) is 35.7 Å². The van der Waals surface area contributed by atoms with Crippen LogP contribution < -0.4 is 0 Å². The predicted octanol–water partition coefficient (Wildman–Crippen LogP) is 3.91. The quantitative estimate of drug-likeness (QED) is 0.804. The Bertz CT molecular complexity index is 623. The van der Waals surface area contributed by atoms with E-state index in [1.807, 2.05) is 0 Å². The maximum Gasteiger partial charge on any atom is 0.400 e. The summed E-state index contributed by atoms with van der Waals surface area (Å²) in [5, 5.41) is 11.8. The Morgan fingerprint density at radius 2 is 2.15 bits per heavy atom. The molecule has 1 aromatic heterocycles. The Labute approximate surface area is 118 Å². The highest BCUT2D eigenvalue weighted by molar-refractivity contribution is 6.21. The summed E-state index contributed by atoms with van der Waals surface area (Å²) >= 11 is 4.81. The van der Waals surface area contributed by atoms with Crippen LogP contribution in [-0.2, 0) is 10.5 Å². The van der Waals surface area contributed by atoms with E-state index in [1.165, 1.54) is 0 Å². The molecule has 1 aromatic carbocycles. The lowest BCUT2D eigenvalue weighted by Crippen LogP contribution is -2.03. The molecule has 105 valence electrons. The number of aromatic nitrogens is 2. The summed E-state index contributed by atoms with van der Waals surface area (Å²) in [5.74, 6) is -0.802. The lowest BCUT2D eigenvalue weighted by Gasteiger charge is -2.07. The first-order valence-corrected chi connectivity index (χ1v) is 6.50. The van der Waals surface area contributed by atoms with Gasteiger partial charge < -0.3 is 4.52 Å². The Morgan fingerprint density at radius 3 is 2.75 bits per heavy atom. The summed E-state index contributed by atoms with van der Waals surface area (Å²) in [6, 6.07) is 6.63. The van der Waals surface area contributed by atoms with Gasteiger partial charge in [-0.2, -0.15) is 13.8 Å². The monoisotopic (exact) mass is 299 g/mol. The molecule has 1 aliphatic rings. The van der Waals surface area contributed by atoms with Gasteiger partial charge in [-0.1, -0.05) is 23.4 Å². The van der Waals surface area contributed by atoms with Crippen LogP contribution in [0.5, 0.6) is 0 Å². The molecular formula is C13H10ClF2N2O2. The van der Waals surface area contributed by atoms with Crippen molar-refractivity contribution in [1.29, 1.82) is 0 Å². The summed E-state index contributed by atoms with van der Waals surface area (Å²) in [7, 11) is 0. The first-order valence-electron chi connectivity index (χ1n) is 6.12. The molecule has 3 rings (SSSR count). The van der Waals surface area contributed by atoms with Gasteiger partial charge in [0.05, 0.1) is 0 Å². The first kappa shape index (κ1) is 13.5. The van der Waals surface area contributed by atoms with Crippen LogP contribution in [-0.4, -0.2) is 10.1 Å². The molecule has 0 spiro atoms. The highest BCUT2D eigenvalue weighted by atomic mass is 35.5. The number of rotatable bonds is 4. The van der Waals surface area contributed by atoms with Crippen molar-refractivity contribution >= 4 is 11.6 Å². The van der Waals surface area contributed by atoms with E-state index in [4.69, 9.17) is 11.6 Å². The summed E-state index contributed by atoms with van der Waals surface area (Å²) in [5.41, 5.74) is 1.06. The lowest BCUT2D eigenvalue weighted by atomic mass is 10.0. The zero-order valence-electron chi connectivity index (χ0n) is 10.2. The highest BCUT2D eigenvalue weighted by Crippen LogP contribution is 2.42. The van der Waals surface area contributed by atoms with Gasteiger partial charge in [-0.05, 0) is 42.0 Å². The molecule has 1 aliphatic carbocycles. The third-order valence-corrected chi connectivity index (χ3v) is 3.35. The normalized spacial score (nSPS) is 17.2. The Balaban J connectivity index is 1.90. The molecule has 1 fully saturated rings. The molecule has 0 N–H and O–H groups in total. The van der Waals surface area contributed by atoms with Crippen LogP contribution in [0.4, 0.5) is 8.78 Å². The largest absolute Gasteiger partial charge is 0.400 e. The van der Waals surface area contributed by atoms with E-state index >= 15 is 0 Å². The van der Waals surface area contributed by atoms with Crippen molar-refractivity contribution in [3.8, 4) is 11.4 Å². The van der Waals surface area contributed by atoms with E-state index in [-0.39, 0.29) is 11.7 Å². The number of alkyl halides is 3. The van der Waals surface area contributed by atoms with Crippen LogP contribution >= 0.6 is 11.6 Å². The average molecular weight is 300 g/mol. The minimum Gasteiger partial charge on any atom is -0.331 e. The van der Waals surface area contributed by atoms with E-state index in [1.54, 1.807) is 24.3 Å². The van der Waals surface area contributed by atoms with Gasteiger partial charge in [-0.25, -0.2) is 5.11 Å². The smallest absolute Gasteiger partial charge is 0.331 e. The third kappa shape index (κ3) is 2.66. The van der Waals surface area contributed by atoms with E-state index in [0.717, 1.165) is 12.8 Å². The topological polar surface area (TPSA) is 58.8 Å². The minimum atomic E-state index is -3.70. The zero-order chi connectivity index (χ0) is 14.3. The van der Waals surface area contributed by atoms with Crippen LogP contribution in [0.1, 0.15) is 30.4 Å². The molecule has 1 saturated carbocycles. The second kappa shape index (κ2) is 4.79. The van der Waals surface area contributed by atoms with E-state index in [2.05, 4.69) is 14.7 Å². The van der Waals surface area contributed by atoms with Crippen molar-refractivity contribution in [1.82, 2.24) is 10.1 Å². The van der Waals surface area contributed by atoms with Crippen LogP contribution in [0, 0.1) is 5.92 Å². The van der Waals surface area contributed by atoms with Crippen molar-refractivity contribution in [2.24, 2.45) is 5.92 Å². The number of benzene rings is 1. The van der Waals surface area contributed by atoms with Crippen molar-refractivity contribution < 1.29 is 18.4 Å². The predicted molar refractivity (Wildman–Crippen MR) is 65.6 cm³/mol. The van der Waals surface area contributed by atoms with Gasteiger partial charge in [0.15, 0.2) is 0 Å². The molecule has 20 heavy (non-hydrogen) atoms. The fourth-order valence-corrected chi connectivity index (χ4v) is 2.06. The van der Waals surface area contributed by atoms with Crippen LogP contribution in [0.25, 0.3) is 11.4 Å². The second-order valence-corrected chi connectivity index (χ2v) is 5.28. The first-order chi connectivity index (χ1) is 9.45. The van der Waals surface area contributed by atoms with Crippen LogP contribution in [0.3, 0.4) is 0 Å². The SMILES string of the molecule is [O]C(c1cccc(-c2noc(C(F)(F)Cl)n2)c1)C1CC1. The molecule has 0 saturated heterocycles. The summed E-state index contributed by atoms with van der Waals surface area (Å²) < 4.78 is 30.1. The Morgan fingerprint density at radius 1 is 1.40 bits per heavy atom. The minimum absolute atomic E-state index is 0.00910. The molecule has 1 unspecified atom stereocenters. The van der Waals surface area contributed by atoms with Gasteiger partial charge in [0.25, 0.3) is 0 Å². The standard InChI is InChI=1S/C13H10ClF2N2O2/c14-13(15,16)12-17-11(18-20-12)9-3-1-2-8(6-9)10(19)7-4-5-7/h1-3,6-7,10H,4-5H2. The number of nitrogens with zero attached hydrogens (tertiary/aromatic N) is 2. The van der Waals surface area contributed by atoms with E-state index in [0.29, 0.717) is 11.1 Å². The lowest BCUT2D eigenvalue weighted by molar-refractivity contribution is 0.0551. The molecule has 0 aliphatic heterocycles. The van der Waals surface area contributed by atoms with Gasteiger partial charge >= 0.3 is 11.3 Å². The van der Waals surface area contributed by atoms with Gasteiger partial charge in [0.2, 0.25) is 5.82 Å². The molecule has 4 nitrogen and oxygen atoms in total. The molecule has 0 amide bonds. The fraction of sp³-hybridized carbons (Fsp3) is 0.385. The maximum atomic E-state index is 12.8. The molecule has 2 aromatic rings. The van der Waals surface area contributed by atoms with Gasteiger partial charge in [0, 0.05) is 5.56 Å². The number of hydrogen-bond donors (Lipinski definition) is 0. The molecule has 7 heteroatoms. The summed E-state index contributed by atoms with van der Waals surface area (Å²) in [6.45, 7) is 0. The Hall–Kier alpha value is -1.53. The van der Waals surface area contributed by atoms with Gasteiger partial charge in [-0.15, -0.1) is 0 Å². The van der Waals surface area contributed by atoms with Gasteiger partial charge in [-0.3, -0.25) is 0 Å². The molecule has 1 atom stereocenters. The average Bonchev–Trinajstić information content (AvgIpc) is 3.13. The molecule has 0 bridgehead atoms. The highest BCUT2D eigenvalue weighted by Gasteiger charge is 2.36. The molecular weight excluding hydrogens is 290 g/mol. The van der Waals surface area contributed by atoms with Crippen LogP contribution in [0.2, 0.25) is 0 Å². The second-order valence-electron chi connectivity index (χ2n) is 4.80. The summed E-state index contributed by atoms with van der Waals surface area (Å²) in [4.78, 5) is 3.55. The summed E-state index contributed by atoms with van der Waals surface area (Å²) in [6.07, 6.45) is 1.07. The zero-order valence-corrected chi connectivity index (χ0v) is 11.0. The van der Waals surface area contributed by atoms with Gasteiger partial charge in [0.1, 0.15) is 6.10 Å². The fourth-order valence-electron chi connectivity index (χ4n) is 1.98. The van der Waals surface area contributed by atoms with E-state index < -0.39 is 17.4 Å². The van der Waals surface area contributed by atoms with E-state index in [9.17, 15) is 13.9 Å². The van der Waals surface area contributed by atoms with Crippen molar-refractivity contribution in [3.63, 3.8) is 0 Å². The molecule has 1 heterocycles. The number of halogens is 3.